The summed E-state index contributed by atoms with van der Waals surface area (Å²) in [6, 6.07) is 12.4. The van der Waals surface area contributed by atoms with Crippen molar-refractivity contribution < 1.29 is 18.0 Å². The number of carbonyl (C=O) groups excluding carboxylic acids is 2. The minimum atomic E-state index is -3.63. The fraction of sp³-hybridized carbons (Fsp3) is 0.364. The number of anilines is 2. The van der Waals surface area contributed by atoms with Crippen molar-refractivity contribution in [1.82, 2.24) is 4.31 Å². The molecule has 0 radical (unpaired) electrons. The van der Waals surface area contributed by atoms with E-state index in [1.54, 1.807) is 12.1 Å². The molecule has 2 aliphatic rings. The molecular weight excluding hydrogens is 402 g/mol. The van der Waals surface area contributed by atoms with Crippen LogP contribution in [0, 0.1) is 12.8 Å². The maximum Gasteiger partial charge on any atom is 0.243 e. The summed E-state index contributed by atoms with van der Waals surface area (Å²) in [5.41, 5.74) is 3.30. The second-order valence-electron chi connectivity index (χ2n) is 7.85. The first-order valence-electron chi connectivity index (χ1n) is 10.1. The van der Waals surface area contributed by atoms with E-state index in [2.05, 4.69) is 10.6 Å². The van der Waals surface area contributed by atoms with Gasteiger partial charge in [0.1, 0.15) is 0 Å². The quantitative estimate of drug-likeness (QED) is 0.784. The van der Waals surface area contributed by atoms with Crippen LogP contribution in [0.25, 0.3) is 0 Å². The van der Waals surface area contributed by atoms with E-state index in [9.17, 15) is 18.0 Å². The first kappa shape index (κ1) is 20.6. The number of para-hydroxylation sites is 1. The number of carbonyl (C=O) groups is 2. The van der Waals surface area contributed by atoms with Crippen molar-refractivity contribution in [2.24, 2.45) is 5.92 Å². The third-order valence-corrected chi connectivity index (χ3v) is 7.73. The van der Waals surface area contributed by atoms with Gasteiger partial charge in [-0.25, -0.2) is 8.42 Å². The van der Waals surface area contributed by atoms with Crippen LogP contribution < -0.4 is 10.6 Å². The number of rotatable bonds is 4. The van der Waals surface area contributed by atoms with Gasteiger partial charge in [0.05, 0.1) is 4.90 Å². The van der Waals surface area contributed by atoms with Gasteiger partial charge in [-0.05, 0) is 61.6 Å². The molecule has 1 fully saturated rings. The molecule has 2 N–H and O–H groups in total. The molecule has 4 rings (SSSR count). The molecule has 0 unspecified atom stereocenters. The SMILES string of the molecule is Cc1ccccc1NC(=O)C1CCN(S(=O)(=O)c2ccc3c(c2)CCC(=O)N3)CC1. The Labute approximate surface area is 176 Å². The number of sulfonamides is 1. The first-order chi connectivity index (χ1) is 14.3. The average Bonchev–Trinajstić information content (AvgIpc) is 2.75. The Morgan fingerprint density at radius 3 is 2.57 bits per heavy atom. The van der Waals surface area contributed by atoms with Gasteiger partial charge in [-0.2, -0.15) is 4.31 Å². The molecule has 0 aromatic heterocycles. The number of aryl methyl sites for hydroxylation is 2. The van der Waals surface area contributed by atoms with Crippen molar-refractivity contribution >= 4 is 33.2 Å². The number of hydrogen-bond donors (Lipinski definition) is 2. The topological polar surface area (TPSA) is 95.6 Å². The minimum absolute atomic E-state index is 0.0517. The van der Waals surface area contributed by atoms with Gasteiger partial charge in [-0.3, -0.25) is 9.59 Å². The summed E-state index contributed by atoms with van der Waals surface area (Å²) in [4.78, 5) is 24.4. The van der Waals surface area contributed by atoms with Crippen LogP contribution >= 0.6 is 0 Å². The number of piperidine rings is 1. The molecule has 2 aromatic carbocycles. The Morgan fingerprint density at radius 1 is 1.10 bits per heavy atom. The lowest BCUT2D eigenvalue weighted by molar-refractivity contribution is -0.121. The van der Waals surface area contributed by atoms with Crippen LogP contribution in [0.2, 0.25) is 0 Å². The summed E-state index contributed by atoms with van der Waals surface area (Å²) in [6.07, 6.45) is 1.86. The zero-order valence-corrected chi connectivity index (χ0v) is 17.7. The molecule has 2 amide bonds. The van der Waals surface area contributed by atoms with E-state index in [1.807, 2.05) is 31.2 Å². The molecule has 0 atom stereocenters. The van der Waals surface area contributed by atoms with E-state index in [0.29, 0.717) is 44.5 Å². The molecule has 7 nitrogen and oxygen atoms in total. The Bertz CT molecular complexity index is 1090. The highest BCUT2D eigenvalue weighted by atomic mass is 32.2. The highest BCUT2D eigenvalue weighted by molar-refractivity contribution is 7.89. The predicted octanol–water partition coefficient (Wildman–Crippen LogP) is 2.92. The number of nitrogens with zero attached hydrogens (tertiary/aromatic N) is 1. The molecule has 0 aliphatic carbocycles. The standard InChI is InChI=1S/C22H25N3O4S/c1-15-4-2-3-5-19(15)24-22(27)16-10-12-25(13-11-16)30(28,29)18-7-8-20-17(14-18)6-9-21(26)23-20/h2-5,7-8,14,16H,6,9-13H2,1H3,(H,23,26)(H,24,27). The van der Waals surface area contributed by atoms with Gasteiger partial charge in [0.25, 0.3) is 0 Å². The smallest absolute Gasteiger partial charge is 0.243 e. The van der Waals surface area contributed by atoms with Gasteiger partial charge in [-0.1, -0.05) is 18.2 Å². The highest BCUT2D eigenvalue weighted by Gasteiger charge is 2.32. The number of amides is 2. The van der Waals surface area contributed by atoms with Crippen molar-refractivity contribution in [3.05, 3.63) is 53.6 Å². The van der Waals surface area contributed by atoms with Crippen LogP contribution in [0.5, 0.6) is 0 Å². The maximum absolute atomic E-state index is 13.1. The van der Waals surface area contributed by atoms with Crippen LogP contribution in [0.3, 0.4) is 0 Å². The van der Waals surface area contributed by atoms with Gasteiger partial charge in [0.15, 0.2) is 0 Å². The second-order valence-corrected chi connectivity index (χ2v) is 9.79. The van der Waals surface area contributed by atoms with E-state index in [1.165, 1.54) is 10.4 Å². The second kappa shape index (κ2) is 8.20. The Hall–Kier alpha value is -2.71. The third kappa shape index (κ3) is 4.11. The largest absolute Gasteiger partial charge is 0.326 e. The van der Waals surface area contributed by atoms with Crippen LogP contribution in [0.15, 0.2) is 47.4 Å². The molecule has 30 heavy (non-hydrogen) atoms. The van der Waals surface area contributed by atoms with Crippen molar-refractivity contribution in [1.29, 1.82) is 0 Å². The fourth-order valence-corrected chi connectivity index (χ4v) is 5.50. The van der Waals surface area contributed by atoms with E-state index in [0.717, 1.165) is 16.8 Å². The van der Waals surface area contributed by atoms with E-state index < -0.39 is 10.0 Å². The van der Waals surface area contributed by atoms with Gasteiger partial charge in [-0.15, -0.1) is 0 Å². The lowest BCUT2D eigenvalue weighted by atomic mass is 9.97. The summed E-state index contributed by atoms with van der Waals surface area (Å²) in [5.74, 6) is -0.329. The van der Waals surface area contributed by atoms with E-state index in [4.69, 9.17) is 0 Å². The Balaban J connectivity index is 1.41. The van der Waals surface area contributed by atoms with Crippen molar-refractivity contribution in [3.63, 3.8) is 0 Å². The monoisotopic (exact) mass is 427 g/mol. The van der Waals surface area contributed by atoms with E-state index >= 15 is 0 Å². The highest BCUT2D eigenvalue weighted by Crippen LogP contribution is 2.29. The summed E-state index contributed by atoms with van der Waals surface area (Å²) in [6.45, 7) is 2.55. The van der Waals surface area contributed by atoms with Crippen molar-refractivity contribution in [2.75, 3.05) is 23.7 Å². The van der Waals surface area contributed by atoms with Crippen LogP contribution in [0.4, 0.5) is 11.4 Å². The van der Waals surface area contributed by atoms with E-state index in [-0.39, 0.29) is 22.6 Å². The van der Waals surface area contributed by atoms with Crippen LogP contribution in [-0.4, -0.2) is 37.6 Å². The van der Waals surface area contributed by atoms with Crippen molar-refractivity contribution in [2.45, 2.75) is 37.5 Å². The molecule has 2 heterocycles. The Morgan fingerprint density at radius 2 is 1.83 bits per heavy atom. The molecule has 158 valence electrons. The number of hydrogen-bond acceptors (Lipinski definition) is 4. The number of fused-ring (bicyclic) bond motifs is 1. The van der Waals surface area contributed by atoms with Gasteiger partial charge in [0, 0.05) is 36.8 Å². The lowest BCUT2D eigenvalue weighted by Gasteiger charge is -2.31. The normalized spacial score (nSPS) is 17.8. The van der Waals surface area contributed by atoms with Gasteiger partial charge in [0.2, 0.25) is 21.8 Å². The minimum Gasteiger partial charge on any atom is -0.326 e. The zero-order chi connectivity index (χ0) is 21.3. The average molecular weight is 428 g/mol. The summed E-state index contributed by atoms with van der Waals surface area (Å²) < 4.78 is 27.6. The summed E-state index contributed by atoms with van der Waals surface area (Å²) in [5, 5.41) is 5.73. The predicted molar refractivity (Wildman–Crippen MR) is 115 cm³/mol. The number of benzene rings is 2. The third-order valence-electron chi connectivity index (χ3n) is 5.84. The zero-order valence-electron chi connectivity index (χ0n) is 16.8. The van der Waals surface area contributed by atoms with Gasteiger partial charge < -0.3 is 10.6 Å². The number of nitrogens with one attached hydrogen (secondary N) is 2. The lowest BCUT2D eigenvalue weighted by Crippen LogP contribution is -2.41. The van der Waals surface area contributed by atoms with Gasteiger partial charge >= 0.3 is 0 Å². The Kier molecular flexibility index (Phi) is 5.62. The fourth-order valence-electron chi connectivity index (χ4n) is 3.98. The molecule has 2 aliphatic heterocycles. The summed E-state index contributed by atoms with van der Waals surface area (Å²) in [7, 11) is -3.63. The first-order valence-corrected chi connectivity index (χ1v) is 11.6. The molecule has 0 bridgehead atoms. The van der Waals surface area contributed by atoms with Crippen LogP contribution in [0.1, 0.15) is 30.4 Å². The molecule has 8 heteroatoms. The molecule has 0 saturated carbocycles. The van der Waals surface area contributed by atoms with Crippen LogP contribution in [-0.2, 0) is 26.0 Å². The maximum atomic E-state index is 13.1. The molecule has 2 aromatic rings. The molecule has 0 spiro atoms. The molecular formula is C22H25N3O4S. The van der Waals surface area contributed by atoms with Crippen molar-refractivity contribution in [3.8, 4) is 0 Å². The molecule has 1 saturated heterocycles. The summed E-state index contributed by atoms with van der Waals surface area (Å²) >= 11 is 0.